The predicted octanol–water partition coefficient (Wildman–Crippen LogP) is 2.41. The van der Waals surface area contributed by atoms with Gasteiger partial charge in [0.25, 0.3) is 0 Å². The van der Waals surface area contributed by atoms with Gasteiger partial charge in [-0.05, 0) is 19.4 Å². The van der Waals surface area contributed by atoms with Gasteiger partial charge in [-0.1, -0.05) is 25.1 Å². The summed E-state index contributed by atoms with van der Waals surface area (Å²) in [6.45, 7) is 5.12. The van der Waals surface area contributed by atoms with Crippen molar-refractivity contribution in [1.29, 1.82) is 0 Å². The molecule has 3 heterocycles. The highest BCUT2D eigenvalue weighted by molar-refractivity contribution is 5.80. The molecule has 0 spiro atoms. The summed E-state index contributed by atoms with van der Waals surface area (Å²) in [7, 11) is 0. The molecule has 1 aromatic carbocycles. The monoisotopic (exact) mass is 339 g/mol. The van der Waals surface area contributed by atoms with Crippen molar-refractivity contribution >= 4 is 11.8 Å². The Morgan fingerprint density at radius 1 is 1.44 bits per heavy atom. The van der Waals surface area contributed by atoms with E-state index in [1.54, 1.807) is 0 Å². The quantitative estimate of drug-likeness (QED) is 0.925. The van der Waals surface area contributed by atoms with Gasteiger partial charge in [0.2, 0.25) is 0 Å². The molecule has 0 aliphatic carbocycles. The van der Waals surface area contributed by atoms with E-state index in [0.29, 0.717) is 18.9 Å². The maximum atomic E-state index is 12.2. The number of hydrogen-bond acceptors (Lipinski definition) is 5. The molecule has 2 aliphatic rings. The maximum Gasteiger partial charge on any atom is 0.315 e. The number of carbonyl (C=O) groups is 1. The molecule has 6 heteroatoms. The Kier molecular flexibility index (Phi) is 3.63. The zero-order valence-electron chi connectivity index (χ0n) is 14.4. The molecule has 2 aliphatic heterocycles. The van der Waals surface area contributed by atoms with Crippen LogP contribution in [0, 0.1) is 12.3 Å². The van der Waals surface area contributed by atoms with Crippen LogP contribution in [-0.2, 0) is 11.2 Å². The molecule has 1 saturated heterocycles. The first-order valence-electron chi connectivity index (χ1n) is 8.58. The molecule has 0 unspecified atom stereocenters. The number of aromatic nitrogens is 2. The highest BCUT2D eigenvalue weighted by Crippen LogP contribution is 2.50. The lowest BCUT2D eigenvalue weighted by Crippen LogP contribution is -2.45. The molecule has 1 N–H and O–H groups in total. The second kappa shape index (κ2) is 5.72. The van der Waals surface area contributed by atoms with E-state index in [1.807, 2.05) is 37.4 Å². The number of anilines is 1. The molecule has 0 radical (unpaired) electrons. The number of carboxylic acids is 1. The van der Waals surface area contributed by atoms with E-state index in [1.165, 1.54) is 0 Å². The Hall–Kier alpha value is -2.63. The Morgan fingerprint density at radius 3 is 3.00 bits per heavy atom. The molecule has 25 heavy (non-hydrogen) atoms. The lowest BCUT2D eigenvalue weighted by molar-refractivity contribution is -0.151. The highest BCUT2D eigenvalue weighted by atomic mass is 16.5. The largest absolute Gasteiger partial charge is 0.492 e. The van der Waals surface area contributed by atoms with E-state index >= 15 is 0 Å². The Balaban J connectivity index is 1.79. The van der Waals surface area contributed by atoms with Crippen molar-refractivity contribution in [3.8, 4) is 5.75 Å². The van der Waals surface area contributed by atoms with Crippen molar-refractivity contribution in [1.82, 2.24) is 9.97 Å². The lowest BCUT2D eigenvalue weighted by Gasteiger charge is -2.35. The Morgan fingerprint density at radius 2 is 2.24 bits per heavy atom. The minimum absolute atomic E-state index is 0.116. The normalized spacial score (nSPS) is 24.4. The minimum atomic E-state index is -0.946. The first kappa shape index (κ1) is 15.9. The van der Waals surface area contributed by atoms with Crippen LogP contribution in [0.1, 0.15) is 29.8 Å². The predicted molar refractivity (Wildman–Crippen MR) is 93.1 cm³/mol. The van der Waals surface area contributed by atoms with Gasteiger partial charge in [0.15, 0.2) is 0 Å². The third-order valence-electron chi connectivity index (χ3n) is 5.39. The summed E-state index contributed by atoms with van der Waals surface area (Å²) in [5, 5.41) is 10.0. The van der Waals surface area contributed by atoms with E-state index in [0.717, 1.165) is 29.1 Å². The molecule has 1 aromatic heterocycles. The lowest BCUT2D eigenvalue weighted by atomic mass is 9.73. The molecular formula is C19H21N3O3. The molecule has 2 atom stereocenters. The van der Waals surface area contributed by atoms with E-state index < -0.39 is 11.4 Å². The van der Waals surface area contributed by atoms with Crippen LogP contribution >= 0.6 is 0 Å². The van der Waals surface area contributed by atoms with Gasteiger partial charge in [0, 0.05) is 36.3 Å². The number of carboxylic acid groups (broad SMARTS) is 1. The van der Waals surface area contributed by atoms with Gasteiger partial charge in [0.05, 0.1) is 0 Å². The van der Waals surface area contributed by atoms with E-state index in [2.05, 4.69) is 21.8 Å². The van der Waals surface area contributed by atoms with Crippen molar-refractivity contribution in [2.24, 2.45) is 5.41 Å². The van der Waals surface area contributed by atoms with Crippen LogP contribution in [0.15, 0.2) is 30.5 Å². The van der Waals surface area contributed by atoms with Gasteiger partial charge in [-0.15, -0.1) is 0 Å². The van der Waals surface area contributed by atoms with Crippen LogP contribution in [0.2, 0.25) is 0 Å². The van der Waals surface area contributed by atoms with Crippen LogP contribution in [-0.4, -0.2) is 40.7 Å². The summed E-state index contributed by atoms with van der Waals surface area (Å²) in [6.07, 6.45) is 2.65. The number of para-hydroxylation sites is 1. The summed E-state index contributed by atoms with van der Waals surface area (Å²) < 4.78 is 5.83. The number of rotatable bonds is 3. The van der Waals surface area contributed by atoms with E-state index in [-0.39, 0.29) is 12.5 Å². The van der Waals surface area contributed by atoms with Crippen LogP contribution in [0.25, 0.3) is 0 Å². The summed E-state index contributed by atoms with van der Waals surface area (Å²) in [5.74, 6) is 1.42. The average Bonchev–Trinajstić information content (AvgIpc) is 3.03. The number of nitrogens with zero attached hydrogens (tertiary/aromatic N) is 3. The SMILES string of the molecule is CCc1cnc(C)nc1N1C[C@H]2c3ccccc3OC[C@@]2(C(=O)O)C1. The van der Waals surface area contributed by atoms with Crippen LogP contribution in [0.3, 0.4) is 0 Å². The third kappa shape index (κ3) is 2.35. The number of fused-ring (bicyclic) bond motifs is 3. The second-order valence-corrected chi connectivity index (χ2v) is 6.84. The topological polar surface area (TPSA) is 75.5 Å². The van der Waals surface area contributed by atoms with Crippen molar-refractivity contribution in [2.45, 2.75) is 26.2 Å². The van der Waals surface area contributed by atoms with Gasteiger partial charge in [-0.25, -0.2) is 9.97 Å². The van der Waals surface area contributed by atoms with Crippen molar-refractivity contribution in [3.05, 3.63) is 47.4 Å². The molecule has 4 rings (SSSR count). The number of hydrogen-bond donors (Lipinski definition) is 1. The summed E-state index contributed by atoms with van der Waals surface area (Å²) >= 11 is 0. The van der Waals surface area contributed by atoms with Gasteiger partial charge in [-0.3, -0.25) is 4.79 Å². The van der Waals surface area contributed by atoms with E-state index in [9.17, 15) is 9.90 Å². The summed E-state index contributed by atoms with van der Waals surface area (Å²) in [4.78, 5) is 23.2. The van der Waals surface area contributed by atoms with E-state index in [4.69, 9.17) is 4.74 Å². The van der Waals surface area contributed by atoms with Crippen LogP contribution < -0.4 is 9.64 Å². The standard InChI is InChI=1S/C19H21N3O3/c1-3-13-8-20-12(2)21-17(13)22-9-15-14-6-4-5-7-16(14)25-11-19(15,10-22)18(23)24/h4-8,15H,3,9-11H2,1-2H3,(H,23,24)/t15-,19-/m0/s1. The third-order valence-corrected chi connectivity index (χ3v) is 5.39. The number of aryl methyl sites for hydroxylation is 2. The van der Waals surface area contributed by atoms with Crippen LogP contribution in [0.4, 0.5) is 5.82 Å². The fourth-order valence-electron chi connectivity index (χ4n) is 4.01. The van der Waals surface area contributed by atoms with Gasteiger partial charge >= 0.3 is 5.97 Å². The first-order valence-corrected chi connectivity index (χ1v) is 8.58. The average molecular weight is 339 g/mol. The van der Waals surface area contributed by atoms with Crippen molar-refractivity contribution < 1.29 is 14.6 Å². The van der Waals surface area contributed by atoms with Gasteiger partial charge in [0.1, 0.15) is 29.4 Å². The molecular weight excluding hydrogens is 318 g/mol. The fraction of sp³-hybridized carbons (Fsp3) is 0.421. The Bertz CT molecular complexity index is 838. The van der Waals surface area contributed by atoms with Gasteiger partial charge < -0.3 is 14.7 Å². The fourth-order valence-corrected chi connectivity index (χ4v) is 4.01. The van der Waals surface area contributed by atoms with Gasteiger partial charge in [-0.2, -0.15) is 0 Å². The molecule has 0 saturated carbocycles. The smallest absolute Gasteiger partial charge is 0.315 e. The van der Waals surface area contributed by atoms with Crippen LogP contribution in [0.5, 0.6) is 5.75 Å². The highest BCUT2D eigenvalue weighted by Gasteiger charge is 2.57. The summed E-state index contributed by atoms with van der Waals surface area (Å²) in [6, 6.07) is 7.75. The molecule has 1 fully saturated rings. The number of aliphatic carboxylic acids is 1. The molecule has 2 aromatic rings. The molecule has 0 bridgehead atoms. The van der Waals surface area contributed by atoms with Crippen molar-refractivity contribution in [2.75, 3.05) is 24.6 Å². The summed E-state index contributed by atoms with van der Waals surface area (Å²) in [5.41, 5.74) is 1.07. The number of ether oxygens (including phenoxy) is 1. The zero-order chi connectivity index (χ0) is 17.6. The second-order valence-electron chi connectivity index (χ2n) is 6.84. The first-order chi connectivity index (χ1) is 12.0. The zero-order valence-corrected chi connectivity index (χ0v) is 14.4. The molecule has 6 nitrogen and oxygen atoms in total. The molecule has 0 amide bonds. The van der Waals surface area contributed by atoms with Crippen molar-refractivity contribution in [3.63, 3.8) is 0 Å². The maximum absolute atomic E-state index is 12.2. The minimum Gasteiger partial charge on any atom is -0.492 e. The molecule has 130 valence electrons. The Labute approximate surface area is 146 Å². The number of benzene rings is 1.